The monoisotopic (exact) mass is 337 g/mol. The van der Waals surface area contributed by atoms with Crippen LogP contribution in [0.2, 0.25) is 0 Å². The molecule has 0 fully saturated rings. The van der Waals surface area contributed by atoms with Gasteiger partial charge >= 0.3 is 6.18 Å². The van der Waals surface area contributed by atoms with Crippen molar-refractivity contribution in [3.8, 4) is 5.75 Å². The standard InChI is InChI=1S/C18H18F3NO2/c1-3-15(24-16-7-5-4-6-12(16)2)17(23)22-14-10-8-13(9-11-14)18(19,20)21/h4-11,15H,3H2,1-2H3,(H,22,23). The van der Waals surface area contributed by atoms with Gasteiger partial charge in [-0.3, -0.25) is 4.79 Å². The summed E-state index contributed by atoms with van der Waals surface area (Å²) < 4.78 is 43.3. The number of ether oxygens (including phenoxy) is 1. The third-order valence-electron chi connectivity index (χ3n) is 3.51. The number of hydrogen-bond acceptors (Lipinski definition) is 2. The van der Waals surface area contributed by atoms with Crippen molar-refractivity contribution in [1.29, 1.82) is 0 Å². The van der Waals surface area contributed by atoms with E-state index in [0.717, 1.165) is 17.7 Å². The first kappa shape index (κ1) is 17.8. The third-order valence-corrected chi connectivity index (χ3v) is 3.51. The smallest absolute Gasteiger partial charge is 0.416 e. The van der Waals surface area contributed by atoms with Crippen molar-refractivity contribution < 1.29 is 22.7 Å². The predicted octanol–water partition coefficient (Wildman–Crippen LogP) is 4.81. The SMILES string of the molecule is CCC(Oc1ccccc1C)C(=O)Nc1ccc(C(F)(F)F)cc1. The number of aryl methyl sites for hydroxylation is 1. The zero-order chi connectivity index (χ0) is 17.7. The van der Waals surface area contributed by atoms with E-state index in [2.05, 4.69) is 5.32 Å². The van der Waals surface area contributed by atoms with Gasteiger partial charge in [0.1, 0.15) is 5.75 Å². The number of alkyl halides is 3. The Hall–Kier alpha value is -2.50. The molecule has 0 aliphatic carbocycles. The van der Waals surface area contributed by atoms with Crippen LogP contribution in [0.3, 0.4) is 0 Å². The molecule has 0 spiro atoms. The molecule has 0 aliphatic rings. The Morgan fingerprint density at radius 3 is 2.29 bits per heavy atom. The van der Waals surface area contributed by atoms with E-state index in [0.29, 0.717) is 17.9 Å². The molecule has 0 radical (unpaired) electrons. The normalized spacial score (nSPS) is 12.5. The largest absolute Gasteiger partial charge is 0.480 e. The summed E-state index contributed by atoms with van der Waals surface area (Å²) in [5.74, 6) is 0.201. The Morgan fingerprint density at radius 2 is 1.75 bits per heavy atom. The fourth-order valence-corrected chi connectivity index (χ4v) is 2.13. The number of nitrogens with one attached hydrogen (secondary N) is 1. The van der Waals surface area contributed by atoms with E-state index in [9.17, 15) is 18.0 Å². The number of benzene rings is 2. The lowest BCUT2D eigenvalue weighted by atomic mass is 10.2. The average molecular weight is 337 g/mol. The molecule has 3 nitrogen and oxygen atoms in total. The summed E-state index contributed by atoms with van der Waals surface area (Å²) in [6.07, 6.45) is -4.70. The lowest BCUT2D eigenvalue weighted by molar-refractivity contribution is -0.137. The topological polar surface area (TPSA) is 38.3 Å². The summed E-state index contributed by atoms with van der Waals surface area (Å²) >= 11 is 0. The second-order valence-corrected chi connectivity index (χ2v) is 5.34. The highest BCUT2D eigenvalue weighted by Crippen LogP contribution is 2.30. The second kappa shape index (κ2) is 7.38. The second-order valence-electron chi connectivity index (χ2n) is 5.34. The lowest BCUT2D eigenvalue weighted by Gasteiger charge is -2.18. The number of hydrogen-bond donors (Lipinski definition) is 1. The van der Waals surface area contributed by atoms with E-state index in [-0.39, 0.29) is 0 Å². The summed E-state index contributed by atoms with van der Waals surface area (Å²) in [5.41, 5.74) is 0.432. The maximum Gasteiger partial charge on any atom is 0.416 e. The van der Waals surface area contributed by atoms with E-state index in [1.54, 1.807) is 13.0 Å². The summed E-state index contributed by atoms with van der Waals surface area (Å²) in [6, 6.07) is 11.6. The fourth-order valence-electron chi connectivity index (χ4n) is 2.13. The van der Waals surface area contributed by atoms with Crippen LogP contribution >= 0.6 is 0 Å². The van der Waals surface area contributed by atoms with Gasteiger partial charge in [-0.25, -0.2) is 0 Å². The van der Waals surface area contributed by atoms with Gasteiger partial charge in [0.25, 0.3) is 5.91 Å². The first-order chi connectivity index (χ1) is 11.3. The van der Waals surface area contributed by atoms with Crippen LogP contribution < -0.4 is 10.1 Å². The molecule has 24 heavy (non-hydrogen) atoms. The summed E-state index contributed by atoms with van der Waals surface area (Å²) in [7, 11) is 0. The van der Waals surface area contributed by atoms with Crippen LogP contribution in [0.25, 0.3) is 0 Å². The molecule has 1 N–H and O–H groups in total. The molecule has 0 saturated carbocycles. The van der Waals surface area contributed by atoms with E-state index in [4.69, 9.17) is 4.74 Å². The summed E-state index contributed by atoms with van der Waals surface area (Å²) in [4.78, 5) is 12.3. The molecule has 0 aliphatic heterocycles. The van der Waals surface area contributed by atoms with Crippen molar-refractivity contribution in [2.45, 2.75) is 32.5 Å². The van der Waals surface area contributed by atoms with Crippen LogP contribution in [-0.2, 0) is 11.0 Å². The maximum absolute atomic E-state index is 12.5. The van der Waals surface area contributed by atoms with Gasteiger partial charge in [0.15, 0.2) is 6.10 Å². The van der Waals surface area contributed by atoms with Gasteiger partial charge in [0.05, 0.1) is 5.56 Å². The van der Waals surface area contributed by atoms with E-state index in [1.807, 2.05) is 25.1 Å². The van der Waals surface area contributed by atoms with Crippen LogP contribution in [-0.4, -0.2) is 12.0 Å². The molecule has 1 amide bonds. The molecule has 1 unspecified atom stereocenters. The van der Waals surface area contributed by atoms with Crippen molar-refractivity contribution in [3.63, 3.8) is 0 Å². The van der Waals surface area contributed by atoms with Crippen LogP contribution in [0.15, 0.2) is 48.5 Å². The Kier molecular flexibility index (Phi) is 5.49. The van der Waals surface area contributed by atoms with Gasteiger partial charge in [-0.1, -0.05) is 25.1 Å². The van der Waals surface area contributed by atoms with Gasteiger partial charge in [-0.2, -0.15) is 13.2 Å². The highest BCUT2D eigenvalue weighted by Gasteiger charge is 2.30. The Morgan fingerprint density at radius 1 is 1.12 bits per heavy atom. The number of halogens is 3. The molecule has 0 heterocycles. The molecule has 6 heteroatoms. The van der Waals surface area contributed by atoms with Crippen LogP contribution in [0.1, 0.15) is 24.5 Å². The number of para-hydroxylation sites is 1. The molecule has 0 saturated heterocycles. The summed E-state index contributed by atoms with van der Waals surface area (Å²) in [5, 5.41) is 2.58. The van der Waals surface area contributed by atoms with Crippen LogP contribution in [0.4, 0.5) is 18.9 Å². The minimum absolute atomic E-state index is 0.292. The van der Waals surface area contributed by atoms with Gasteiger partial charge in [-0.15, -0.1) is 0 Å². The van der Waals surface area contributed by atoms with Crippen molar-refractivity contribution in [2.75, 3.05) is 5.32 Å². The van der Waals surface area contributed by atoms with E-state index < -0.39 is 23.8 Å². The third kappa shape index (κ3) is 4.50. The number of amides is 1. The van der Waals surface area contributed by atoms with Gasteiger partial charge in [0.2, 0.25) is 0 Å². The minimum atomic E-state index is -4.40. The highest BCUT2D eigenvalue weighted by atomic mass is 19.4. The molecule has 0 bridgehead atoms. The number of carbonyl (C=O) groups excluding carboxylic acids is 1. The predicted molar refractivity (Wildman–Crippen MR) is 86.0 cm³/mol. The zero-order valence-electron chi connectivity index (χ0n) is 13.4. The number of carbonyl (C=O) groups is 1. The Bertz CT molecular complexity index is 696. The lowest BCUT2D eigenvalue weighted by Crippen LogP contribution is -2.32. The maximum atomic E-state index is 12.5. The number of anilines is 1. The van der Waals surface area contributed by atoms with Gasteiger partial charge in [-0.05, 0) is 49.2 Å². The first-order valence-electron chi connectivity index (χ1n) is 7.51. The zero-order valence-corrected chi connectivity index (χ0v) is 13.4. The quantitative estimate of drug-likeness (QED) is 0.850. The van der Waals surface area contributed by atoms with Crippen molar-refractivity contribution in [1.82, 2.24) is 0 Å². The van der Waals surface area contributed by atoms with Crippen molar-refractivity contribution in [3.05, 3.63) is 59.7 Å². The minimum Gasteiger partial charge on any atom is -0.480 e. The molecule has 2 aromatic rings. The molecule has 1 atom stereocenters. The highest BCUT2D eigenvalue weighted by molar-refractivity contribution is 5.94. The average Bonchev–Trinajstić information content (AvgIpc) is 2.53. The van der Waals surface area contributed by atoms with Crippen molar-refractivity contribution in [2.24, 2.45) is 0 Å². The molecule has 2 rings (SSSR count). The Labute approximate surface area is 138 Å². The van der Waals surface area contributed by atoms with E-state index >= 15 is 0 Å². The molecular weight excluding hydrogens is 319 g/mol. The Balaban J connectivity index is 2.05. The van der Waals surface area contributed by atoms with E-state index in [1.165, 1.54) is 12.1 Å². The molecule has 0 aromatic heterocycles. The van der Waals surface area contributed by atoms with Gasteiger partial charge < -0.3 is 10.1 Å². The van der Waals surface area contributed by atoms with Crippen molar-refractivity contribution >= 4 is 11.6 Å². The van der Waals surface area contributed by atoms with Crippen LogP contribution in [0, 0.1) is 6.92 Å². The molecular formula is C18H18F3NO2. The van der Waals surface area contributed by atoms with Crippen LogP contribution in [0.5, 0.6) is 5.75 Å². The fraction of sp³-hybridized carbons (Fsp3) is 0.278. The van der Waals surface area contributed by atoms with Gasteiger partial charge in [0, 0.05) is 5.69 Å². The molecule has 128 valence electrons. The number of rotatable bonds is 5. The first-order valence-corrected chi connectivity index (χ1v) is 7.51. The summed E-state index contributed by atoms with van der Waals surface area (Å²) in [6.45, 7) is 3.67. The molecule has 2 aromatic carbocycles.